The van der Waals surface area contributed by atoms with E-state index < -0.39 is 11.2 Å². The van der Waals surface area contributed by atoms with Crippen molar-refractivity contribution >= 4 is 0 Å². The highest BCUT2D eigenvalue weighted by atomic mass is 16.5. The molecule has 2 bridgehead atoms. The summed E-state index contributed by atoms with van der Waals surface area (Å²) in [5, 5.41) is 22.8. The Morgan fingerprint density at radius 2 is 1.90 bits per heavy atom. The number of allylic oxidation sites excluding steroid dienone is 1. The van der Waals surface area contributed by atoms with E-state index in [-0.39, 0.29) is 36.1 Å². The Balaban J connectivity index is 1.72. The number of hydrogen-bond acceptors (Lipinski definition) is 4. The third-order valence-corrected chi connectivity index (χ3v) is 7.59. The van der Waals surface area contributed by atoms with Crippen molar-refractivity contribution in [3.8, 4) is 0 Å². The van der Waals surface area contributed by atoms with E-state index in [2.05, 4.69) is 38.1 Å². The van der Waals surface area contributed by atoms with Crippen molar-refractivity contribution in [3.05, 3.63) is 59.2 Å². The number of benzene rings is 1. The zero-order valence-electron chi connectivity index (χ0n) is 19.5. The van der Waals surface area contributed by atoms with Crippen molar-refractivity contribution in [1.29, 1.82) is 0 Å². The molecule has 7 atom stereocenters. The van der Waals surface area contributed by atoms with E-state index in [1.54, 1.807) is 0 Å². The Kier molecular flexibility index (Phi) is 6.21. The molecule has 0 radical (unpaired) electrons. The van der Waals surface area contributed by atoms with Crippen LogP contribution >= 0.6 is 0 Å². The maximum Gasteiger partial charge on any atom is 0.0903 e. The summed E-state index contributed by atoms with van der Waals surface area (Å²) in [6.45, 7) is 10.5. The van der Waals surface area contributed by atoms with Crippen LogP contribution in [0.25, 0.3) is 0 Å². The lowest BCUT2D eigenvalue weighted by molar-refractivity contribution is -0.148. The number of aliphatic hydroxyl groups is 2. The van der Waals surface area contributed by atoms with Crippen LogP contribution in [0.1, 0.15) is 59.4 Å². The first kappa shape index (κ1) is 22.7. The van der Waals surface area contributed by atoms with Gasteiger partial charge in [0.2, 0.25) is 0 Å². The minimum atomic E-state index is -0.969. The van der Waals surface area contributed by atoms with Crippen molar-refractivity contribution in [2.75, 3.05) is 0 Å². The fourth-order valence-electron chi connectivity index (χ4n) is 6.18. The van der Waals surface area contributed by atoms with Gasteiger partial charge in [-0.25, -0.2) is 0 Å². The quantitative estimate of drug-likeness (QED) is 0.679. The van der Waals surface area contributed by atoms with E-state index >= 15 is 0 Å². The van der Waals surface area contributed by atoms with Gasteiger partial charge in [0.05, 0.1) is 36.1 Å². The van der Waals surface area contributed by atoms with E-state index in [4.69, 9.17) is 9.47 Å². The van der Waals surface area contributed by atoms with Crippen LogP contribution in [0.2, 0.25) is 0 Å². The molecule has 0 amide bonds. The fraction of sp³-hybridized carbons (Fsp3) is 0.630. The molecule has 3 aliphatic rings. The normalized spacial score (nSPS) is 40.1. The third kappa shape index (κ3) is 4.54. The summed E-state index contributed by atoms with van der Waals surface area (Å²) in [5.41, 5.74) is 1.76. The monoisotopic (exact) mass is 426 g/mol. The van der Waals surface area contributed by atoms with Gasteiger partial charge in [-0.3, -0.25) is 0 Å². The standard InChI is InChI=1S/C27H38O4/c1-17-10-9-13-27(5,29)25-23-22(20(14-17)31-25)18(2)15-21(24(23)26(3,4)28)30-16-19-11-7-6-8-12-19/h6-8,10-12,15,20-25,28-29H,9,13-14,16H2,1-5H3/b17-10-/t20-,21-,22-,23+,24+,25-,27-/m1/s1. The Hall–Kier alpha value is -1.46. The van der Waals surface area contributed by atoms with Crippen LogP contribution in [-0.2, 0) is 16.1 Å². The molecule has 1 saturated heterocycles. The third-order valence-electron chi connectivity index (χ3n) is 7.59. The molecule has 31 heavy (non-hydrogen) atoms. The van der Waals surface area contributed by atoms with Crippen molar-refractivity contribution in [2.24, 2.45) is 17.8 Å². The van der Waals surface area contributed by atoms with Crippen LogP contribution in [0.5, 0.6) is 0 Å². The van der Waals surface area contributed by atoms with Crippen molar-refractivity contribution in [2.45, 2.75) is 90.0 Å². The minimum absolute atomic E-state index is 0.00308. The maximum absolute atomic E-state index is 11.5. The van der Waals surface area contributed by atoms with E-state index in [9.17, 15) is 10.2 Å². The van der Waals surface area contributed by atoms with E-state index in [1.165, 1.54) is 11.1 Å². The summed E-state index contributed by atoms with van der Waals surface area (Å²) in [7, 11) is 0. The van der Waals surface area contributed by atoms with Gasteiger partial charge >= 0.3 is 0 Å². The average Bonchev–Trinajstić information content (AvgIpc) is 3.07. The topological polar surface area (TPSA) is 58.9 Å². The molecule has 0 aromatic heterocycles. The largest absolute Gasteiger partial charge is 0.390 e. The van der Waals surface area contributed by atoms with E-state index in [0.29, 0.717) is 13.0 Å². The molecular weight excluding hydrogens is 388 g/mol. The molecule has 0 saturated carbocycles. The molecule has 2 N–H and O–H groups in total. The summed E-state index contributed by atoms with van der Waals surface area (Å²) < 4.78 is 13.1. The van der Waals surface area contributed by atoms with Crippen LogP contribution < -0.4 is 0 Å². The first-order chi connectivity index (χ1) is 14.6. The smallest absolute Gasteiger partial charge is 0.0903 e. The van der Waals surface area contributed by atoms with Gasteiger partial charge in [0, 0.05) is 17.8 Å². The molecule has 170 valence electrons. The molecule has 4 rings (SSSR count). The summed E-state index contributed by atoms with van der Waals surface area (Å²) in [4.78, 5) is 0. The number of hydrogen-bond donors (Lipinski definition) is 2. The van der Waals surface area contributed by atoms with Gasteiger partial charge in [-0.15, -0.1) is 0 Å². The molecule has 4 heteroatoms. The first-order valence-electron chi connectivity index (χ1n) is 11.7. The van der Waals surface area contributed by atoms with Crippen LogP contribution in [0.4, 0.5) is 0 Å². The first-order valence-corrected chi connectivity index (χ1v) is 11.7. The predicted octanol–water partition coefficient (Wildman–Crippen LogP) is 4.80. The highest BCUT2D eigenvalue weighted by Crippen LogP contribution is 2.54. The molecule has 4 nitrogen and oxygen atoms in total. The lowest BCUT2D eigenvalue weighted by Gasteiger charge is -2.48. The van der Waals surface area contributed by atoms with E-state index in [0.717, 1.165) is 18.4 Å². The molecule has 1 fully saturated rings. The minimum Gasteiger partial charge on any atom is -0.390 e. The molecule has 2 aliphatic heterocycles. The van der Waals surface area contributed by atoms with Gasteiger partial charge in [-0.2, -0.15) is 0 Å². The summed E-state index contributed by atoms with van der Waals surface area (Å²) in [5.74, 6) is -0.00213. The van der Waals surface area contributed by atoms with Gasteiger partial charge in [0.25, 0.3) is 0 Å². The van der Waals surface area contributed by atoms with E-state index in [1.807, 2.05) is 39.0 Å². The van der Waals surface area contributed by atoms with Crippen LogP contribution in [0, 0.1) is 17.8 Å². The highest BCUT2D eigenvalue weighted by Gasteiger charge is 2.60. The van der Waals surface area contributed by atoms with Gasteiger partial charge in [-0.1, -0.05) is 53.6 Å². The van der Waals surface area contributed by atoms with Crippen LogP contribution in [0.3, 0.4) is 0 Å². The zero-order chi connectivity index (χ0) is 22.4. The zero-order valence-corrected chi connectivity index (χ0v) is 19.5. The molecular formula is C27H38O4. The lowest BCUT2D eigenvalue weighted by atomic mass is 9.60. The second-order valence-corrected chi connectivity index (χ2v) is 10.7. The second-order valence-electron chi connectivity index (χ2n) is 10.7. The van der Waals surface area contributed by atoms with Gasteiger partial charge in [-0.05, 0) is 59.4 Å². The van der Waals surface area contributed by atoms with Gasteiger partial charge in [0.15, 0.2) is 0 Å². The molecule has 2 heterocycles. The maximum atomic E-state index is 11.5. The Morgan fingerprint density at radius 3 is 2.58 bits per heavy atom. The predicted molar refractivity (Wildman–Crippen MR) is 122 cm³/mol. The van der Waals surface area contributed by atoms with Crippen molar-refractivity contribution in [1.82, 2.24) is 0 Å². The SMILES string of the molecule is CC1=C[C@@H](OCc2ccccc2)[C@H](C(C)(C)O)[C@@H]2[C@H]1[C@H]1C/C(C)=C\CC[C@@](C)(O)[C@@H]2O1. The molecule has 1 aromatic carbocycles. The summed E-state index contributed by atoms with van der Waals surface area (Å²) >= 11 is 0. The fourth-order valence-corrected chi connectivity index (χ4v) is 6.18. The summed E-state index contributed by atoms with van der Waals surface area (Å²) in [6.07, 6.45) is 6.27. The van der Waals surface area contributed by atoms with Gasteiger partial charge < -0.3 is 19.7 Å². The molecule has 0 unspecified atom stereocenters. The Morgan fingerprint density at radius 1 is 1.19 bits per heavy atom. The molecule has 1 aromatic rings. The van der Waals surface area contributed by atoms with Crippen LogP contribution in [0.15, 0.2) is 53.6 Å². The highest BCUT2D eigenvalue weighted by molar-refractivity contribution is 5.25. The molecule has 0 spiro atoms. The number of rotatable bonds is 4. The van der Waals surface area contributed by atoms with Crippen molar-refractivity contribution in [3.63, 3.8) is 0 Å². The van der Waals surface area contributed by atoms with Crippen LogP contribution in [-0.4, -0.2) is 39.7 Å². The summed E-state index contributed by atoms with van der Waals surface area (Å²) in [6, 6.07) is 10.2. The Labute approximate surface area is 187 Å². The van der Waals surface area contributed by atoms with Gasteiger partial charge in [0.1, 0.15) is 0 Å². The average molecular weight is 427 g/mol. The number of fused-ring (bicyclic) bond motifs is 5. The van der Waals surface area contributed by atoms with Crippen molar-refractivity contribution < 1.29 is 19.7 Å². The number of ether oxygens (including phenoxy) is 2. The second kappa shape index (κ2) is 8.47. The lowest BCUT2D eigenvalue weighted by Crippen LogP contribution is -2.55. The molecule has 1 aliphatic carbocycles. The Bertz CT molecular complexity index is 833.